The van der Waals surface area contributed by atoms with Gasteiger partial charge >= 0.3 is 6.18 Å². The second-order valence-electron chi connectivity index (χ2n) is 7.31. The van der Waals surface area contributed by atoms with E-state index in [0.29, 0.717) is 18.5 Å². The summed E-state index contributed by atoms with van der Waals surface area (Å²) in [4.78, 5) is 12.3. The number of nitrogens with one attached hydrogen (secondary N) is 1. The van der Waals surface area contributed by atoms with E-state index in [9.17, 15) is 35.5 Å². The van der Waals surface area contributed by atoms with E-state index < -0.39 is 59.7 Å². The number of nitrogens with zero attached hydrogens (tertiary/aromatic N) is 4. The number of rotatable bonds is 6. The fourth-order valence-corrected chi connectivity index (χ4v) is 3.17. The molecule has 1 amide bonds. The molecule has 0 radical (unpaired) electrons. The van der Waals surface area contributed by atoms with Gasteiger partial charge < -0.3 is 5.32 Å². The quantitative estimate of drug-likeness (QED) is 0.340. The zero-order chi connectivity index (χ0) is 23.2. The molecule has 0 bridgehead atoms. The van der Waals surface area contributed by atoms with Gasteiger partial charge in [0.05, 0.1) is 18.4 Å². The molecule has 1 saturated carbocycles. The van der Waals surface area contributed by atoms with Crippen LogP contribution >= 0.6 is 0 Å². The van der Waals surface area contributed by atoms with Crippen LogP contribution in [0.1, 0.15) is 35.7 Å². The van der Waals surface area contributed by atoms with Crippen molar-refractivity contribution in [2.24, 2.45) is 0 Å². The van der Waals surface area contributed by atoms with Crippen LogP contribution in [0, 0.1) is 23.3 Å². The summed E-state index contributed by atoms with van der Waals surface area (Å²) in [5.74, 6) is -7.30. The monoisotopic (exact) mass is 461 g/mol. The lowest BCUT2D eigenvalue weighted by molar-refractivity contribution is -0.141. The Morgan fingerprint density at radius 2 is 1.81 bits per heavy atom. The number of anilines is 1. The number of hydrogen-bond donors (Lipinski definition) is 1. The molecule has 1 N–H and O–H groups in total. The number of hydrogen-bond acceptors (Lipinski definition) is 3. The smallest absolute Gasteiger partial charge is 0.322 e. The van der Waals surface area contributed by atoms with E-state index in [2.05, 4.69) is 15.5 Å². The first-order valence-corrected chi connectivity index (χ1v) is 9.32. The maximum Gasteiger partial charge on any atom is 0.435 e. The molecule has 4 rings (SSSR count). The van der Waals surface area contributed by atoms with Crippen LogP contribution in [0.3, 0.4) is 0 Å². The van der Waals surface area contributed by atoms with Crippen molar-refractivity contribution in [3.05, 3.63) is 64.7 Å². The average molecular weight is 461 g/mol. The van der Waals surface area contributed by atoms with Crippen LogP contribution in [0.15, 0.2) is 24.5 Å². The fourth-order valence-electron chi connectivity index (χ4n) is 3.17. The largest absolute Gasteiger partial charge is 0.435 e. The van der Waals surface area contributed by atoms with Crippen molar-refractivity contribution in [2.45, 2.75) is 38.0 Å². The highest BCUT2D eigenvalue weighted by atomic mass is 19.4. The number of carbonyl (C=O) groups excluding carboxylic acids is 1. The minimum atomic E-state index is -4.64. The molecular weight excluding hydrogens is 447 g/mol. The topological polar surface area (TPSA) is 64.7 Å². The van der Waals surface area contributed by atoms with Crippen molar-refractivity contribution in [1.82, 2.24) is 19.6 Å². The van der Waals surface area contributed by atoms with Gasteiger partial charge in [0.1, 0.15) is 12.4 Å². The summed E-state index contributed by atoms with van der Waals surface area (Å²) >= 11 is 0. The molecule has 1 aliphatic carbocycles. The van der Waals surface area contributed by atoms with Crippen LogP contribution in [0.5, 0.6) is 0 Å². The zero-order valence-corrected chi connectivity index (χ0v) is 16.1. The fraction of sp³-hybridized carbons (Fsp3) is 0.316. The van der Waals surface area contributed by atoms with Crippen molar-refractivity contribution in [3.63, 3.8) is 0 Å². The molecule has 0 saturated heterocycles. The molecule has 0 atom stereocenters. The van der Waals surface area contributed by atoms with E-state index in [1.165, 1.54) is 6.20 Å². The number of alkyl halides is 3. The number of benzene rings is 1. The molecule has 3 aromatic rings. The van der Waals surface area contributed by atoms with Crippen molar-refractivity contribution in [3.8, 4) is 0 Å². The van der Waals surface area contributed by atoms with Gasteiger partial charge in [-0.2, -0.15) is 23.4 Å². The number of amides is 1. The highest BCUT2D eigenvalue weighted by molar-refractivity contribution is 5.90. The Morgan fingerprint density at radius 1 is 1.09 bits per heavy atom. The number of carbonyl (C=O) groups is 1. The van der Waals surface area contributed by atoms with E-state index in [0.717, 1.165) is 21.6 Å². The van der Waals surface area contributed by atoms with Gasteiger partial charge in [0.15, 0.2) is 23.1 Å². The Kier molecular flexibility index (Phi) is 5.42. The Labute approximate surface area is 175 Å². The zero-order valence-electron chi connectivity index (χ0n) is 16.1. The molecule has 13 heteroatoms. The molecule has 0 aliphatic heterocycles. The van der Waals surface area contributed by atoms with Crippen LogP contribution in [-0.2, 0) is 24.1 Å². The summed E-state index contributed by atoms with van der Waals surface area (Å²) in [6, 6.07) is 1.13. The van der Waals surface area contributed by atoms with Crippen molar-refractivity contribution < 1.29 is 35.5 Å². The summed E-state index contributed by atoms with van der Waals surface area (Å²) in [6.07, 6.45) is -0.941. The molecule has 0 spiro atoms. The lowest BCUT2D eigenvalue weighted by Crippen LogP contribution is -2.21. The van der Waals surface area contributed by atoms with Crippen LogP contribution in [-0.4, -0.2) is 25.5 Å². The van der Waals surface area contributed by atoms with Crippen molar-refractivity contribution in [2.75, 3.05) is 5.32 Å². The highest BCUT2D eigenvalue weighted by Gasteiger charge is 2.38. The van der Waals surface area contributed by atoms with Crippen LogP contribution in [0.25, 0.3) is 0 Å². The minimum Gasteiger partial charge on any atom is -0.322 e. The lowest BCUT2D eigenvalue weighted by atomic mass is 10.2. The third-order valence-corrected chi connectivity index (χ3v) is 4.84. The summed E-state index contributed by atoms with van der Waals surface area (Å²) in [5.41, 5.74) is -1.46. The molecule has 1 fully saturated rings. The van der Waals surface area contributed by atoms with E-state index in [4.69, 9.17) is 0 Å². The molecule has 0 unspecified atom stereocenters. The maximum absolute atomic E-state index is 13.8. The van der Waals surface area contributed by atoms with Gasteiger partial charge in [-0.25, -0.2) is 17.6 Å². The van der Waals surface area contributed by atoms with Crippen LogP contribution in [0.4, 0.5) is 36.4 Å². The first-order valence-electron chi connectivity index (χ1n) is 9.32. The van der Waals surface area contributed by atoms with Crippen molar-refractivity contribution >= 4 is 11.6 Å². The first-order chi connectivity index (χ1) is 15.0. The average Bonchev–Trinajstić information content (AvgIpc) is 3.31. The van der Waals surface area contributed by atoms with Gasteiger partial charge in [0.2, 0.25) is 5.91 Å². The molecule has 1 aromatic carbocycles. The third-order valence-electron chi connectivity index (χ3n) is 4.84. The molecule has 32 heavy (non-hydrogen) atoms. The van der Waals surface area contributed by atoms with Gasteiger partial charge in [-0.05, 0) is 18.9 Å². The highest BCUT2D eigenvalue weighted by Crippen LogP contribution is 2.42. The van der Waals surface area contributed by atoms with E-state index in [1.54, 1.807) is 0 Å². The second-order valence-corrected chi connectivity index (χ2v) is 7.31. The van der Waals surface area contributed by atoms with Gasteiger partial charge in [0, 0.05) is 29.4 Å². The summed E-state index contributed by atoms with van der Waals surface area (Å²) in [7, 11) is 0. The van der Waals surface area contributed by atoms with E-state index in [1.807, 2.05) is 0 Å². The van der Waals surface area contributed by atoms with E-state index in [-0.39, 0.29) is 17.7 Å². The molecular formula is C19H14F7N5O. The standard InChI is InChI=1S/C19H14F7N5O/c20-12-3-13(21)18(23)17(22)11(12)7-30-6-10(5-27-30)28-16(32)8-31-14(9-1-2-9)4-15(29-31)19(24,25)26/h3-6,9H,1-2,7-8H2,(H,28,32). The van der Waals surface area contributed by atoms with Gasteiger partial charge in [-0.1, -0.05) is 0 Å². The first kappa shape index (κ1) is 21.8. The lowest BCUT2D eigenvalue weighted by Gasteiger charge is -2.07. The molecule has 170 valence electrons. The SMILES string of the molecule is O=C(Cn1nc(C(F)(F)F)cc1C1CC1)Nc1cnn(Cc2c(F)cc(F)c(F)c2F)c1. The van der Waals surface area contributed by atoms with Gasteiger partial charge in [0.25, 0.3) is 0 Å². The normalized spacial score (nSPS) is 14.1. The Morgan fingerprint density at radius 3 is 2.47 bits per heavy atom. The number of halogens is 7. The van der Waals surface area contributed by atoms with E-state index >= 15 is 0 Å². The van der Waals surface area contributed by atoms with Crippen molar-refractivity contribution in [1.29, 1.82) is 0 Å². The minimum absolute atomic E-state index is 0.0783. The van der Waals surface area contributed by atoms with Crippen LogP contribution < -0.4 is 5.32 Å². The second kappa shape index (κ2) is 7.95. The van der Waals surface area contributed by atoms with Crippen LogP contribution in [0.2, 0.25) is 0 Å². The molecule has 2 heterocycles. The predicted molar refractivity (Wildman–Crippen MR) is 95.4 cm³/mol. The van der Waals surface area contributed by atoms with Gasteiger partial charge in [-0.15, -0.1) is 0 Å². The Hall–Kier alpha value is -3.38. The number of aromatic nitrogens is 4. The molecule has 6 nitrogen and oxygen atoms in total. The Bertz CT molecular complexity index is 1180. The maximum atomic E-state index is 13.8. The summed E-state index contributed by atoms with van der Waals surface area (Å²) in [6.45, 7) is -1.08. The Balaban J connectivity index is 1.45. The molecule has 2 aromatic heterocycles. The van der Waals surface area contributed by atoms with Gasteiger partial charge in [-0.3, -0.25) is 14.2 Å². The third kappa shape index (κ3) is 4.46. The predicted octanol–water partition coefficient (Wildman–Crippen LogP) is 4.22. The summed E-state index contributed by atoms with van der Waals surface area (Å²) in [5, 5.41) is 9.65. The summed E-state index contributed by atoms with van der Waals surface area (Å²) < 4.78 is 94.8. The molecule has 1 aliphatic rings.